The van der Waals surface area contributed by atoms with Crippen molar-refractivity contribution in [3.8, 4) is 0 Å². The lowest BCUT2D eigenvalue weighted by atomic mass is 10.1. The third-order valence-corrected chi connectivity index (χ3v) is 5.43. The first-order chi connectivity index (χ1) is 13.1. The zero-order chi connectivity index (χ0) is 20.5. The van der Waals surface area contributed by atoms with Gasteiger partial charge in [-0.1, -0.05) is 29.8 Å². The molecule has 0 unspecified atom stereocenters. The molecule has 0 aliphatic carbocycles. The van der Waals surface area contributed by atoms with Crippen molar-refractivity contribution in [2.24, 2.45) is 0 Å². The summed E-state index contributed by atoms with van der Waals surface area (Å²) in [6.45, 7) is 7.69. The second-order valence-corrected chi connectivity index (χ2v) is 8.98. The monoisotopic (exact) mass is 419 g/mol. The Labute approximate surface area is 172 Å². The Morgan fingerprint density at radius 2 is 2.00 bits per heavy atom. The Bertz CT molecular complexity index is 1030. The number of carbonyl (C=O) groups is 2. The van der Waals surface area contributed by atoms with Gasteiger partial charge in [-0.2, -0.15) is 5.10 Å². The minimum atomic E-state index is -0.519. The highest BCUT2D eigenvalue weighted by Gasteiger charge is 2.20. The summed E-state index contributed by atoms with van der Waals surface area (Å²) in [6.07, 6.45) is 0. The maximum Gasteiger partial charge on any atom is 0.348 e. The van der Waals surface area contributed by atoms with Gasteiger partial charge in [0, 0.05) is 15.9 Å². The van der Waals surface area contributed by atoms with Crippen LogP contribution in [0.4, 0.5) is 0 Å². The van der Waals surface area contributed by atoms with Gasteiger partial charge in [0.15, 0.2) is 6.61 Å². The molecule has 0 saturated carbocycles. The van der Waals surface area contributed by atoms with Crippen molar-refractivity contribution in [1.82, 2.24) is 15.1 Å². The molecule has 0 aliphatic heterocycles. The molecule has 0 saturated heterocycles. The molecule has 0 aliphatic rings. The van der Waals surface area contributed by atoms with Crippen LogP contribution in [-0.2, 0) is 16.1 Å². The fourth-order valence-corrected chi connectivity index (χ4v) is 4.02. The van der Waals surface area contributed by atoms with E-state index in [1.807, 2.05) is 56.6 Å². The number of esters is 1. The Morgan fingerprint density at radius 3 is 2.68 bits per heavy atom. The number of nitrogens with one attached hydrogen (secondary N) is 1. The van der Waals surface area contributed by atoms with Gasteiger partial charge in [0.05, 0.1) is 12.2 Å². The zero-order valence-electron chi connectivity index (χ0n) is 16.2. The number of ether oxygens (including phenoxy) is 1. The third-order valence-electron chi connectivity index (χ3n) is 3.94. The minimum absolute atomic E-state index is 0.310. The van der Waals surface area contributed by atoms with Crippen LogP contribution in [0.5, 0.6) is 0 Å². The van der Waals surface area contributed by atoms with Gasteiger partial charge in [-0.3, -0.25) is 9.48 Å². The van der Waals surface area contributed by atoms with Crippen molar-refractivity contribution < 1.29 is 14.3 Å². The van der Waals surface area contributed by atoms with Gasteiger partial charge in [0.2, 0.25) is 0 Å². The molecular formula is C20H22ClN3O3S. The number of amides is 1. The first-order valence-corrected chi connectivity index (χ1v) is 10.0. The largest absolute Gasteiger partial charge is 0.451 e. The number of fused-ring (bicyclic) bond motifs is 1. The number of hydrogen-bond donors (Lipinski definition) is 1. The van der Waals surface area contributed by atoms with Gasteiger partial charge < -0.3 is 10.1 Å². The average molecular weight is 420 g/mol. The van der Waals surface area contributed by atoms with Gasteiger partial charge in [0.1, 0.15) is 9.71 Å². The number of hydrogen-bond acceptors (Lipinski definition) is 5. The topological polar surface area (TPSA) is 73.2 Å². The molecule has 0 fully saturated rings. The van der Waals surface area contributed by atoms with Gasteiger partial charge in [0.25, 0.3) is 5.91 Å². The van der Waals surface area contributed by atoms with Crippen LogP contribution in [0.2, 0.25) is 5.02 Å². The Balaban J connectivity index is 1.76. The molecular weight excluding hydrogens is 398 g/mol. The van der Waals surface area contributed by atoms with E-state index in [1.165, 1.54) is 11.3 Å². The molecule has 2 heterocycles. The van der Waals surface area contributed by atoms with E-state index in [4.69, 9.17) is 16.3 Å². The molecule has 148 valence electrons. The number of carbonyl (C=O) groups excluding carboxylic acids is 2. The predicted molar refractivity (Wildman–Crippen MR) is 111 cm³/mol. The van der Waals surface area contributed by atoms with Crippen LogP contribution in [0.1, 0.15) is 41.7 Å². The summed E-state index contributed by atoms with van der Waals surface area (Å²) in [6, 6.07) is 9.35. The van der Waals surface area contributed by atoms with Gasteiger partial charge in [-0.25, -0.2) is 4.79 Å². The van der Waals surface area contributed by atoms with Crippen molar-refractivity contribution in [2.45, 2.75) is 39.8 Å². The zero-order valence-corrected chi connectivity index (χ0v) is 17.8. The molecule has 6 nitrogen and oxygen atoms in total. The van der Waals surface area contributed by atoms with E-state index >= 15 is 0 Å². The summed E-state index contributed by atoms with van der Waals surface area (Å²) in [5.74, 6) is -0.850. The number of thiophene rings is 1. The molecule has 0 radical (unpaired) electrons. The van der Waals surface area contributed by atoms with E-state index in [0.29, 0.717) is 16.4 Å². The van der Waals surface area contributed by atoms with Crippen LogP contribution >= 0.6 is 22.9 Å². The molecule has 0 bridgehead atoms. The van der Waals surface area contributed by atoms with Crippen molar-refractivity contribution >= 4 is 45.0 Å². The van der Waals surface area contributed by atoms with Crippen molar-refractivity contribution in [3.63, 3.8) is 0 Å². The van der Waals surface area contributed by atoms with Gasteiger partial charge in [-0.05, 0) is 45.4 Å². The fourth-order valence-electron chi connectivity index (χ4n) is 2.76. The number of aromatic nitrogens is 2. The summed E-state index contributed by atoms with van der Waals surface area (Å²) < 4.78 is 6.99. The lowest BCUT2D eigenvalue weighted by Crippen LogP contribution is -2.42. The third kappa shape index (κ3) is 4.72. The van der Waals surface area contributed by atoms with Crippen LogP contribution in [0.15, 0.2) is 30.3 Å². The smallest absolute Gasteiger partial charge is 0.348 e. The summed E-state index contributed by atoms with van der Waals surface area (Å²) in [4.78, 5) is 25.5. The molecule has 28 heavy (non-hydrogen) atoms. The highest BCUT2D eigenvalue weighted by Crippen LogP contribution is 2.30. The second kappa shape index (κ2) is 7.93. The summed E-state index contributed by atoms with van der Waals surface area (Å²) >= 11 is 7.55. The highest BCUT2D eigenvalue weighted by molar-refractivity contribution is 7.20. The highest BCUT2D eigenvalue weighted by atomic mass is 35.5. The Kier molecular flexibility index (Phi) is 5.76. The molecule has 3 rings (SSSR count). The van der Waals surface area contributed by atoms with E-state index < -0.39 is 5.97 Å². The van der Waals surface area contributed by atoms with E-state index in [2.05, 4.69) is 10.4 Å². The molecule has 0 atom stereocenters. The molecule has 3 aromatic rings. The first kappa shape index (κ1) is 20.4. The van der Waals surface area contributed by atoms with Crippen molar-refractivity contribution in [3.05, 3.63) is 51.5 Å². The van der Waals surface area contributed by atoms with Gasteiger partial charge in [-0.15, -0.1) is 11.3 Å². The lowest BCUT2D eigenvalue weighted by molar-refractivity contribution is -0.125. The number of nitrogens with zero attached hydrogens (tertiary/aromatic N) is 2. The Morgan fingerprint density at radius 1 is 1.29 bits per heavy atom. The number of benzene rings is 1. The van der Waals surface area contributed by atoms with E-state index in [1.54, 1.807) is 6.07 Å². The molecule has 2 aromatic heterocycles. The first-order valence-electron chi connectivity index (χ1n) is 8.82. The molecule has 8 heteroatoms. The second-order valence-electron chi connectivity index (χ2n) is 7.54. The summed E-state index contributed by atoms with van der Waals surface area (Å²) in [5.41, 5.74) is 1.40. The Hall–Kier alpha value is -2.38. The molecule has 0 spiro atoms. The number of rotatable bonds is 5. The van der Waals surface area contributed by atoms with Crippen LogP contribution in [0.3, 0.4) is 0 Å². The van der Waals surface area contributed by atoms with Gasteiger partial charge >= 0.3 is 5.97 Å². The molecule has 1 amide bonds. The maximum absolute atomic E-state index is 12.4. The molecule has 1 N–H and O–H groups in total. The standard InChI is InChI=1S/C20H22ClN3O3S/c1-12-14-9-16(19(26)27-11-17(25)22-20(2,3)4)28-18(14)24(23-12)10-13-7-5-6-8-15(13)21/h5-9H,10-11H2,1-4H3,(H,22,25). The number of halogens is 1. The fraction of sp³-hybridized carbons (Fsp3) is 0.350. The normalized spacial score (nSPS) is 11.6. The number of aryl methyl sites for hydroxylation is 1. The minimum Gasteiger partial charge on any atom is -0.451 e. The van der Waals surface area contributed by atoms with Crippen LogP contribution in [0, 0.1) is 6.92 Å². The van der Waals surface area contributed by atoms with E-state index in [-0.39, 0.29) is 18.1 Å². The SMILES string of the molecule is Cc1nn(Cc2ccccc2Cl)c2sc(C(=O)OCC(=O)NC(C)(C)C)cc12. The van der Waals surface area contributed by atoms with Crippen LogP contribution in [0.25, 0.3) is 10.2 Å². The molecule has 1 aromatic carbocycles. The van der Waals surface area contributed by atoms with Crippen LogP contribution < -0.4 is 5.32 Å². The van der Waals surface area contributed by atoms with Crippen molar-refractivity contribution in [1.29, 1.82) is 0 Å². The predicted octanol–water partition coefficient (Wildman–Crippen LogP) is 4.18. The van der Waals surface area contributed by atoms with Crippen molar-refractivity contribution in [2.75, 3.05) is 6.61 Å². The lowest BCUT2D eigenvalue weighted by Gasteiger charge is -2.20. The average Bonchev–Trinajstić information content (AvgIpc) is 3.15. The van der Waals surface area contributed by atoms with E-state index in [9.17, 15) is 9.59 Å². The maximum atomic E-state index is 12.4. The quantitative estimate of drug-likeness (QED) is 0.629. The summed E-state index contributed by atoms with van der Waals surface area (Å²) in [5, 5.41) is 8.88. The van der Waals surface area contributed by atoms with E-state index in [0.717, 1.165) is 21.5 Å². The summed E-state index contributed by atoms with van der Waals surface area (Å²) in [7, 11) is 0. The van der Waals surface area contributed by atoms with Crippen LogP contribution in [-0.4, -0.2) is 33.8 Å².